The number of benzene rings is 4. The molecule has 342 valence electrons. The lowest BCUT2D eigenvalue weighted by atomic mass is 10.0. The molecule has 0 fully saturated rings. The van der Waals surface area contributed by atoms with E-state index >= 15 is 0 Å². The van der Waals surface area contributed by atoms with Gasteiger partial charge in [0.25, 0.3) is 0 Å². The van der Waals surface area contributed by atoms with Gasteiger partial charge in [0.2, 0.25) is 0 Å². The summed E-state index contributed by atoms with van der Waals surface area (Å²) in [6.07, 6.45) is -4.46. The van der Waals surface area contributed by atoms with Crippen LogP contribution < -0.4 is 10.6 Å². The lowest BCUT2D eigenvalue weighted by molar-refractivity contribution is -0.138. The molecule has 9 aromatic rings. The van der Waals surface area contributed by atoms with Crippen LogP contribution in [-0.2, 0) is 12.4 Å². The number of rotatable bonds is 16. The molecule has 0 bridgehead atoms. The number of alkyl halides is 6. The molecule has 0 amide bonds. The first-order valence-corrected chi connectivity index (χ1v) is 26.1. The van der Waals surface area contributed by atoms with Gasteiger partial charge in [0.15, 0.2) is 0 Å². The molecule has 9 rings (SSSR count). The molecule has 67 heavy (non-hydrogen) atoms. The lowest BCUT2D eigenvalue weighted by Crippen LogP contribution is -2.03. The van der Waals surface area contributed by atoms with Gasteiger partial charge in [0.05, 0.1) is 20.9 Å². The Morgan fingerprint density at radius 2 is 0.627 bits per heavy atom. The standard InChI is InChI=1S/C54H44F6N2S5/c1-3-5-31-61-39-19-11-35(12-20-39)42-24-28-46(64-42)50-49(45-27-23-41(63-45)33-7-15-37(16-8-33)53(55,56)57)51(47-29-25-43(65-47)34-9-17-38(18-10-34)54(58,59)60)67-52(50)48-30-26-44(66-48)36-13-21-40(22-14-36)62-32-6-4-2/h7-30,61-62H,3-6,31-32H2,1-2H3. The smallest absolute Gasteiger partial charge is 0.385 e. The Kier molecular flexibility index (Phi) is 14.0. The minimum atomic E-state index is -4.44. The van der Waals surface area contributed by atoms with Gasteiger partial charge in [-0.05, 0) is 132 Å². The number of hydrogen-bond acceptors (Lipinski definition) is 7. The molecule has 5 aromatic heterocycles. The van der Waals surface area contributed by atoms with Gasteiger partial charge in [-0.1, -0.05) is 75.2 Å². The van der Waals surface area contributed by atoms with Crippen molar-refractivity contribution >= 4 is 68.1 Å². The molecule has 0 spiro atoms. The number of nitrogens with one attached hydrogen (secondary N) is 2. The quantitative estimate of drug-likeness (QED) is 0.0745. The number of unbranched alkanes of at least 4 members (excludes halogenated alkanes) is 2. The SMILES string of the molecule is CCCCNc1ccc(-c2ccc(-c3sc(-c4ccc(-c5ccc(C(F)(F)F)cc5)s4)c(-c4ccc(-c5ccc(C(F)(F)F)cc5)s4)c3-c3ccc(-c4ccc(NCCCC)cc4)s3)s2)cc1. The van der Waals surface area contributed by atoms with Crippen LogP contribution in [0, 0.1) is 0 Å². The maximum atomic E-state index is 13.6. The van der Waals surface area contributed by atoms with Gasteiger partial charge in [0.1, 0.15) is 0 Å². The summed E-state index contributed by atoms with van der Waals surface area (Å²) in [5, 5.41) is 7.01. The van der Waals surface area contributed by atoms with Crippen LogP contribution in [0.3, 0.4) is 0 Å². The predicted octanol–water partition coefficient (Wildman–Crippen LogP) is 19.8. The van der Waals surface area contributed by atoms with Crippen molar-refractivity contribution in [2.75, 3.05) is 23.7 Å². The fraction of sp³-hybridized carbons (Fsp3) is 0.185. The van der Waals surface area contributed by atoms with Crippen molar-refractivity contribution in [1.29, 1.82) is 0 Å². The fourth-order valence-corrected chi connectivity index (χ4v) is 13.6. The lowest BCUT2D eigenvalue weighted by Gasteiger charge is -2.08. The van der Waals surface area contributed by atoms with Gasteiger partial charge < -0.3 is 10.6 Å². The molecule has 0 saturated heterocycles. The predicted molar refractivity (Wildman–Crippen MR) is 276 cm³/mol. The van der Waals surface area contributed by atoms with E-state index in [1.807, 2.05) is 18.2 Å². The summed E-state index contributed by atoms with van der Waals surface area (Å²) >= 11 is 8.17. The summed E-state index contributed by atoms with van der Waals surface area (Å²) in [5.74, 6) is 0. The highest BCUT2D eigenvalue weighted by molar-refractivity contribution is 7.30. The van der Waals surface area contributed by atoms with E-state index in [2.05, 4.69) is 103 Å². The van der Waals surface area contributed by atoms with Crippen LogP contribution in [0.2, 0.25) is 0 Å². The zero-order valence-electron chi connectivity index (χ0n) is 36.4. The van der Waals surface area contributed by atoms with Crippen LogP contribution in [0.25, 0.3) is 82.2 Å². The zero-order chi connectivity index (χ0) is 46.7. The maximum Gasteiger partial charge on any atom is 0.416 e. The average Bonchev–Trinajstić information content (AvgIpc) is 4.19. The van der Waals surface area contributed by atoms with E-state index in [9.17, 15) is 26.3 Å². The van der Waals surface area contributed by atoms with Crippen LogP contribution in [0.4, 0.5) is 37.7 Å². The van der Waals surface area contributed by atoms with Gasteiger partial charge in [-0.3, -0.25) is 0 Å². The highest BCUT2D eigenvalue weighted by Gasteiger charge is 2.32. The largest absolute Gasteiger partial charge is 0.416 e. The molecule has 4 aromatic carbocycles. The van der Waals surface area contributed by atoms with Crippen molar-refractivity contribution in [3.8, 4) is 82.2 Å². The van der Waals surface area contributed by atoms with E-state index in [1.165, 1.54) is 46.9 Å². The Balaban J connectivity index is 1.19. The Labute approximate surface area is 406 Å². The maximum absolute atomic E-state index is 13.6. The fourth-order valence-electron chi connectivity index (χ4n) is 7.70. The molecule has 2 nitrogen and oxygen atoms in total. The molecular weight excluding hydrogens is 951 g/mol. The third-order valence-electron chi connectivity index (χ3n) is 11.3. The average molecular weight is 995 g/mol. The molecule has 0 aliphatic carbocycles. The van der Waals surface area contributed by atoms with E-state index in [-0.39, 0.29) is 0 Å². The second-order valence-electron chi connectivity index (χ2n) is 16.0. The van der Waals surface area contributed by atoms with E-state index in [4.69, 9.17) is 0 Å². The Morgan fingerprint density at radius 1 is 0.343 bits per heavy atom. The van der Waals surface area contributed by atoms with Crippen molar-refractivity contribution in [2.45, 2.75) is 51.9 Å². The number of thiophene rings is 5. The summed E-state index contributed by atoms with van der Waals surface area (Å²) in [5.41, 5.74) is 6.40. The molecule has 5 heterocycles. The Morgan fingerprint density at radius 3 is 0.940 bits per heavy atom. The van der Waals surface area contributed by atoms with E-state index in [0.29, 0.717) is 11.1 Å². The molecule has 0 aliphatic rings. The minimum absolute atomic E-state index is 0.684. The highest BCUT2D eigenvalue weighted by Crippen LogP contribution is 2.58. The molecule has 0 saturated carbocycles. The molecule has 0 unspecified atom stereocenters. The summed E-state index contributed by atoms with van der Waals surface area (Å²) in [7, 11) is 0. The Hall–Kier alpha value is -5.44. The van der Waals surface area contributed by atoms with Crippen molar-refractivity contribution < 1.29 is 26.3 Å². The topological polar surface area (TPSA) is 24.1 Å². The van der Waals surface area contributed by atoms with Crippen LogP contribution in [0.1, 0.15) is 50.7 Å². The Bertz CT molecular complexity index is 3060. The highest BCUT2D eigenvalue weighted by atomic mass is 32.1. The van der Waals surface area contributed by atoms with Crippen LogP contribution in [0.15, 0.2) is 146 Å². The third kappa shape index (κ3) is 10.5. The molecule has 2 N–H and O–H groups in total. The van der Waals surface area contributed by atoms with E-state index in [0.717, 1.165) is 145 Å². The first-order chi connectivity index (χ1) is 32.4. The molecular formula is C54H44F6N2S5. The summed E-state index contributed by atoms with van der Waals surface area (Å²) in [4.78, 5) is 10.0. The molecule has 0 atom stereocenters. The van der Waals surface area contributed by atoms with Crippen LogP contribution in [-0.4, -0.2) is 13.1 Å². The minimum Gasteiger partial charge on any atom is -0.385 e. The number of halogens is 6. The van der Waals surface area contributed by atoms with E-state index < -0.39 is 23.5 Å². The monoisotopic (exact) mass is 994 g/mol. The van der Waals surface area contributed by atoms with Crippen molar-refractivity contribution in [3.05, 3.63) is 157 Å². The number of hydrogen-bond donors (Lipinski definition) is 2. The van der Waals surface area contributed by atoms with Crippen LogP contribution >= 0.6 is 56.7 Å². The summed E-state index contributed by atoms with van der Waals surface area (Å²) < 4.78 is 81.4. The summed E-state index contributed by atoms with van der Waals surface area (Å²) in [6, 6.07) is 44.3. The second-order valence-corrected chi connectivity index (χ2v) is 21.4. The molecule has 0 radical (unpaired) electrons. The normalized spacial score (nSPS) is 11.9. The van der Waals surface area contributed by atoms with Gasteiger partial charge in [-0.2, -0.15) is 26.3 Å². The first-order valence-electron chi connectivity index (χ1n) is 22.0. The van der Waals surface area contributed by atoms with Gasteiger partial charge in [-0.25, -0.2) is 0 Å². The molecule has 13 heteroatoms. The summed E-state index contributed by atoms with van der Waals surface area (Å²) in [6.45, 7) is 6.18. The van der Waals surface area contributed by atoms with Gasteiger partial charge in [0, 0.05) is 74.6 Å². The van der Waals surface area contributed by atoms with Gasteiger partial charge in [-0.15, -0.1) is 56.7 Å². The number of anilines is 2. The first kappa shape index (κ1) is 46.7. The van der Waals surface area contributed by atoms with Crippen LogP contribution in [0.5, 0.6) is 0 Å². The molecule has 0 aliphatic heterocycles. The van der Waals surface area contributed by atoms with Gasteiger partial charge >= 0.3 is 12.4 Å². The zero-order valence-corrected chi connectivity index (χ0v) is 40.5. The van der Waals surface area contributed by atoms with Crippen molar-refractivity contribution in [1.82, 2.24) is 0 Å². The third-order valence-corrected chi connectivity index (χ3v) is 17.4. The second kappa shape index (κ2) is 20.0. The van der Waals surface area contributed by atoms with Crippen molar-refractivity contribution in [3.63, 3.8) is 0 Å². The van der Waals surface area contributed by atoms with E-state index in [1.54, 1.807) is 34.0 Å². The van der Waals surface area contributed by atoms with Crippen molar-refractivity contribution in [2.24, 2.45) is 0 Å².